The van der Waals surface area contributed by atoms with Crippen molar-refractivity contribution in [3.63, 3.8) is 0 Å². The molecule has 0 amide bonds. The van der Waals surface area contributed by atoms with Crippen LogP contribution in [0, 0.1) is 0 Å². The molecule has 1 aliphatic heterocycles. The second kappa shape index (κ2) is 5.27. The molecule has 0 aliphatic carbocycles. The lowest BCUT2D eigenvalue weighted by atomic mass is 10.1. The van der Waals surface area contributed by atoms with Crippen molar-refractivity contribution >= 4 is 11.4 Å². The lowest BCUT2D eigenvalue weighted by molar-refractivity contribution is 0.0997. The van der Waals surface area contributed by atoms with Crippen LogP contribution in [0.1, 0.15) is 19.8 Å². The van der Waals surface area contributed by atoms with E-state index in [1.165, 1.54) is 0 Å². The maximum absolute atomic E-state index is 5.96. The molecule has 1 saturated heterocycles. The highest BCUT2D eigenvalue weighted by Crippen LogP contribution is 2.26. The second-order valence-corrected chi connectivity index (χ2v) is 4.44. The molecule has 1 fully saturated rings. The second-order valence-electron chi connectivity index (χ2n) is 4.44. The number of methoxy groups -OCH3 is 1. The summed E-state index contributed by atoms with van der Waals surface area (Å²) in [4.78, 5) is 0. The van der Waals surface area contributed by atoms with Gasteiger partial charge in [0.05, 0.1) is 24.6 Å². The normalized spacial score (nSPS) is 21.2. The smallest absolute Gasteiger partial charge is 0.121 e. The average molecular weight is 236 g/mol. The van der Waals surface area contributed by atoms with Crippen molar-refractivity contribution in [3.05, 3.63) is 18.2 Å². The van der Waals surface area contributed by atoms with Gasteiger partial charge in [-0.1, -0.05) is 0 Å². The molecular formula is C13H20N2O2. The highest BCUT2D eigenvalue weighted by atomic mass is 16.5. The molecule has 0 bridgehead atoms. The molecule has 2 unspecified atom stereocenters. The first-order valence-electron chi connectivity index (χ1n) is 6.02. The van der Waals surface area contributed by atoms with Gasteiger partial charge in [-0.25, -0.2) is 0 Å². The van der Waals surface area contributed by atoms with E-state index in [-0.39, 0.29) is 12.1 Å². The highest BCUT2D eigenvalue weighted by molar-refractivity contribution is 5.68. The molecule has 2 atom stereocenters. The maximum atomic E-state index is 5.96. The Labute approximate surface area is 102 Å². The molecule has 4 nitrogen and oxygen atoms in total. The fraction of sp³-hybridized carbons (Fsp3) is 0.538. The lowest BCUT2D eigenvalue weighted by Gasteiger charge is -2.22. The van der Waals surface area contributed by atoms with Crippen LogP contribution in [0.5, 0.6) is 5.75 Å². The number of rotatable bonds is 4. The van der Waals surface area contributed by atoms with Gasteiger partial charge in [-0.15, -0.1) is 0 Å². The maximum Gasteiger partial charge on any atom is 0.121 e. The standard InChI is InChI=1S/C13H20N2O2/c1-9(13-4-3-7-17-13)15-12-6-5-10(16-2)8-11(12)14/h5-6,8-9,13,15H,3-4,7,14H2,1-2H3. The Hall–Kier alpha value is -1.42. The lowest BCUT2D eigenvalue weighted by Crippen LogP contribution is -2.30. The Kier molecular flexibility index (Phi) is 3.74. The van der Waals surface area contributed by atoms with Crippen molar-refractivity contribution in [1.82, 2.24) is 0 Å². The Morgan fingerprint density at radius 3 is 2.94 bits per heavy atom. The van der Waals surface area contributed by atoms with Gasteiger partial charge in [0.25, 0.3) is 0 Å². The van der Waals surface area contributed by atoms with E-state index in [4.69, 9.17) is 15.2 Å². The largest absolute Gasteiger partial charge is 0.497 e. The van der Waals surface area contributed by atoms with Gasteiger partial charge in [0.2, 0.25) is 0 Å². The molecule has 1 aromatic carbocycles. The summed E-state index contributed by atoms with van der Waals surface area (Å²) in [7, 11) is 1.64. The number of hydrogen-bond acceptors (Lipinski definition) is 4. The van der Waals surface area contributed by atoms with E-state index >= 15 is 0 Å². The molecule has 0 saturated carbocycles. The van der Waals surface area contributed by atoms with E-state index < -0.39 is 0 Å². The van der Waals surface area contributed by atoms with E-state index in [1.807, 2.05) is 18.2 Å². The van der Waals surface area contributed by atoms with Gasteiger partial charge in [-0.2, -0.15) is 0 Å². The van der Waals surface area contributed by atoms with Crippen LogP contribution < -0.4 is 15.8 Å². The van der Waals surface area contributed by atoms with Gasteiger partial charge in [0, 0.05) is 18.7 Å². The van der Waals surface area contributed by atoms with Crippen molar-refractivity contribution in [2.45, 2.75) is 31.9 Å². The monoisotopic (exact) mass is 236 g/mol. The molecule has 1 aromatic rings. The first kappa shape index (κ1) is 12.0. The third kappa shape index (κ3) is 2.82. The quantitative estimate of drug-likeness (QED) is 0.787. The van der Waals surface area contributed by atoms with Crippen LogP contribution in [0.15, 0.2) is 18.2 Å². The molecule has 0 radical (unpaired) electrons. The Bertz CT molecular complexity index is 376. The van der Waals surface area contributed by atoms with Crippen LogP contribution >= 0.6 is 0 Å². The topological polar surface area (TPSA) is 56.5 Å². The summed E-state index contributed by atoms with van der Waals surface area (Å²) < 4.78 is 10.8. The summed E-state index contributed by atoms with van der Waals surface area (Å²) in [6.07, 6.45) is 2.55. The predicted octanol–water partition coefficient (Wildman–Crippen LogP) is 2.26. The summed E-state index contributed by atoms with van der Waals surface area (Å²) in [6, 6.07) is 5.94. The molecule has 1 aliphatic rings. The molecule has 2 rings (SSSR count). The van der Waals surface area contributed by atoms with Gasteiger partial charge in [0.15, 0.2) is 0 Å². The summed E-state index contributed by atoms with van der Waals surface area (Å²) in [5.74, 6) is 0.776. The number of anilines is 2. The minimum absolute atomic E-state index is 0.271. The molecular weight excluding hydrogens is 216 g/mol. The molecule has 3 N–H and O–H groups in total. The van der Waals surface area contributed by atoms with Crippen molar-refractivity contribution < 1.29 is 9.47 Å². The van der Waals surface area contributed by atoms with Crippen LogP contribution in [0.25, 0.3) is 0 Å². The Balaban J connectivity index is 2.02. The zero-order valence-electron chi connectivity index (χ0n) is 10.4. The SMILES string of the molecule is COc1ccc(NC(C)C2CCCO2)c(N)c1. The molecule has 4 heteroatoms. The van der Waals surface area contributed by atoms with Gasteiger partial charge in [-0.05, 0) is 31.9 Å². The minimum atomic E-state index is 0.271. The van der Waals surface area contributed by atoms with E-state index in [9.17, 15) is 0 Å². The predicted molar refractivity (Wildman–Crippen MR) is 69.5 cm³/mol. The molecule has 1 heterocycles. The molecule has 0 spiro atoms. The van der Waals surface area contributed by atoms with Gasteiger partial charge >= 0.3 is 0 Å². The number of benzene rings is 1. The number of nitrogens with one attached hydrogen (secondary N) is 1. The number of hydrogen-bond donors (Lipinski definition) is 2. The van der Waals surface area contributed by atoms with Crippen molar-refractivity contribution in [3.8, 4) is 5.75 Å². The third-order valence-corrected chi connectivity index (χ3v) is 3.16. The van der Waals surface area contributed by atoms with E-state index in [1.54, 1.807) is 7.11 Å². The molecule has 0 aromatic heterocycles. The fourth-order valence-electron chi connectivity index (χ4n) is 2.13. The number of nitrogens with two attached hydrogens (primary N) is 1. The van der Waals surface area contributed by atoms with Crippen LogP contribution in [0.4, 0.5) is 11.4 Å². The molecule has 94 valence electrons. The number of nitrogen functional groups attached to an aromatic ring is 1. The average Bonchev–Trinajstić information content (AvgIpc) is 2.85. The zero-order chi connectivity index (χ0) is 12.3. The molecule has 17 heavy (non-hydrogen) atoms. The van der Waals surface area contributed by atoms with E-state index in [2.05, 4.69) is 12.2 Å². The van der Waals surface area contributed by atoms with Gasteiger partial charge in [0.1, 0.15) is 5.75 Å². The Morgan fingerprint density at radius 1 is 1.53 bits per heavy atom. The summed E-state index contributed by atoms with van der Waals surface area (Å²) in [5, 5.41) is 3.40. The first-order chi connectivity index (χ1) is 8.20. The van der Waals surface area contributed by atoms with Crippen LogP contribution in [-0.2, 0) is 4.74 Å². The summed E-state index contributed by atoms with van der Waals surface area (Å²) in [5.41, 5.74) is 7.60. The van der Waals surface area contributed by atoms with Crippen molar-refractivity contribution in [2.75, 3.05) is 24.8 Å². The van der Waals surface area contributed by atoms with Crippen molar-refractivity contribution in [1.29, 1.82) is 0 Å². The van der Waals surface area contributed by atoms with E-state index in [0.29, 0.717) is 5.69 Å². The van der Waals surface area contributed by atoms with Crippen LogP contribution in [-0.4, -0.2) is 25.9 Å². The summed E-state index contributed by atoms with van der Waals surface area (Å²) >= 11 is 0. The van der Waals surface area contributed by atoms with Gasteiger partial charge in [-0.3, -0.25) is 0 Å². The highest BCUT2D eigenvalue weighted by Gasteiger charge is 2.22. The fourth-order valence-corrected chi connectivity index (χ4v) is 2.13. The summed E-state index contributed by atoms with van der Waals surface area (Å²) in [6.45, 7) is 2.99. The van der Waals surface area contributed by atoms with Gasteiger partial charge < -0.3 is 20.5 Å². The van der Waals surface area contributed by atoms with Crippen LogP contribution in [0.3, 0.4) is 0 Å². The van der Waals surface area contributed by atoms with E-state index in [0.717, 1.165) is 30.9 Å². The third-order valence-electron chi connectivity index (χ3n) is 3.16. The van der Waals surface area contributed by atoms with Crippen LogP contribution in [0.2, 0.25) is 0 Å². The van der Waals surface area contributed by atoms with Crippen molar-refractivity contribution in [2.24, 2.45) is 0 Å². The number of ether oxygens (including phenoxy) is 2. The first-order valence-corrected chi connectivity index (χ1v) is 6.02. The Morgan fingerprint density at radius 2 is 2.35 bits per heavy atom. The minimum Gasteiger partial charge on any atom is -0.497 e. The zero-order valence-corrected chi connectivity index (χ0v) is 10.4.